The Morgan fingerprint density at radius 2 is 1.77 bits per heavy atom. The lowest BCUT2D eigenvalue weighted by Gasteiger charge is -2.15. The third-order valence-corrected chi connectivity index (χ3v) is 4.64. The van der Waals surface area contributed by atoms with Crippen LogP contribution in [0.3, 0.4) is 0 Å². The molecule has 1 amide bonds. The second-order valence-electron chi connectivity index (χ2n) is 7.31. The van der Waals surface area contributed by atoms with E-state index in [9.17, 15) is 9.18 Å². The molecular weight excluding hydrogens is 327 g/mol. The Balaban J connectivity index is 1.85. The molecule has 0 spiro atoms. The van der Waals surface area contributed by atoms with E-state index in [1.807, 2.05) is 25.1 Å². The molecule has 0 fully saturated rings. The highest BCUT2D eigenvalue weighted by Crippen LogP contribution is 2.23. The standard InChI is InChI=1S/C22H25FN2O/c1-14(2)13-25-15(3)11-18-5-6-19(12-21(18)25)22(26)24-16(4)17-7-9-20(23)10-8-17/h5-12,14,16H,13H2,1-4H3,(H,24,26)/t16-/m0/s1. The van der Waals surface area contributed by atoms with Gasteiger partial charge in [0.1, 0.15) is 5.82 Å². The van der Waals surface area contributed by atoms with Crippen LogP contribution in [0.2, 0.25) is 0 Å². The largest absolute Gasteiger partial charge is 0.346 e. The molecule has 1 N–H and O–H groups in total. The lowest BCUT2D eigenvalue weighted by Crippen LogP contribution is -2.26. The fourth-order valence-electron chi connectivity index (χ4n) is 3.26. The lowest BCUT2D eigenvalue weighted by molar-refractivity contribution is 0.0940. The second-order valence-corrected chi connectivity index (χ2v) is 7.31. The zero-order valence-corrected chi connectivity index (χ0v) is 15.7. The van der Waals surface area contributed by atoms with E-state index in [1.54, 1.807) is 12.1 Å². The summed E-state index contributed by atoms with van der Waals surface area (Å²) in [5, 5.41) is 4.14. The highest BCUT2D eigenvalue weighted by Gasteiger charge is 2.14. The Bertz CT molecular complexity index is 925. The van der Waals surface area contributed by atoms with Crippen molar-refractivity contribution in [1.29, 1.82) is 0 Å². The molecule has 3 rings (SSSR count). The molecule has 0 saturated heterocycles. The summed E-state index contributed by atoms with van der Waals surface area (Å²) in [6.45, 7) is 9.29. The number of benzene rings is 2. The maximum Gasteiger partial charge on any atom is 0.251 e. The minimum Gasteiger partial charge on any atom is -0.346 e. The van der Waals surface area contributed by atoms with E-state index in [0.717, 1.165) is 23.0 Å². The molecule has 4 heteroatoms. The lowest BCUT2D eigenvalue weighted by atomic mass is 10.1. The van der Waals surface area contributed by atoms with Crippen molar-refractivity contribution in [3.8, 4) is 0 Å². The molecule has 136 valence electrons. The van der Waals surface area contributed by atoms with Crippen molar-refractivity contribution in [2.24, 2.45) is 5.92 Å². The molecule has 3 nitrogen and oxygen atoms in total. The van der Waals surface area contributed by atoms with Gasteiger partial charge in [0.2, 0.25) is 0 Å². The molecule has 0 aliphatic heterocycles. The molecule has 0 bridgehead atoms. The minimum absolute atomic E-state index is 0.126. The van der Waals surface area contributed by atoms with Crippen molar-refractivity contribution in [3.63, 3.8) is 0 Å². The van der Waals surface area contributed by atoms with Gasteiger partial charge in [0.25, 0.3) is 5.91 Å². The molecule has 1 aromatic heterocycles. The summed E-state index contributed by atoms with van der Waals surface area (Å²) in [5.74, 6) is 0.123. The topological polar surface area (TPSA) is 34.0 Å². The third kappa shape index (κ3) is 3.79. The number of carbonyl (C=O) groups is 1. The number of nitrogens with zero attached hydrogens (tertiary/aromatic N) is 1. The van der Waals surface area contributed by atoms with Gasteiger partial charge in [0.15, 0.2) is 0 Å². The van der Waals surface area contributed by atoms with Crippen molar-refractivity contribution in [2.75, 3.05) is 0 Å². The first-order valence-corrected chi connectivity index (χ1v) is 9.01. The predicted octanol–water partition coefficient (Wildman–Crippen LogP) is 5.24. The minimum atomic E-state index is -0.279. The van der Waals surface area contributed by atoms with Gasteiger partial charge in [-0.25, -0.2) is 4.39 Å². The van der Waals surface area contributed by atoms with Gasteiger partial charge < -0.3 is 9.88 Å². The van der Waals surface area contributed by atoms with Gasteiger partial charge in [-0.1, -0.05) is 32.0 Å². The average Bonchev–Trinajstić information content (AvgIpc) is 2.90. The van der Waals surface area contributed by atoms with Crippen LogP contribution in [-0.2, 0) is 6.54 Å². The SMILES string of the molecule is Cc1cc2ccc(C(=O)N[C@@H](C)c3ccc(F)cc3)cc2n1CC(C)C. The van der Waals surface area contributed by atoms with Crippen molar-refractivity contribution >= 4 is 16.8 Å². The van der Waals surface area contributed by atoms with Crippen molar-refractivity contribution in [1.82, 2.24) is 9.88 Å². The highest BCUT2D eigenvalue weighted by molar-refractivity contribution is 5.98. The molecule has 26 heavy (non-hydrogen) atoms. The Labute approximate surface area is 153 Å². The predicted molar refractivity (Wildman–Crippen MR) is 104 cm³/mol. The van der Waals surface area contributed by atoms with Crippen LogP contribution in [0.1, 0.15) is 48.4 Å². The number of hydrogen-bond acceptors (Lipinski definition) is 1. The molecule has 1 heterocycles. The van der Waals surface area contributed by atoms with Gasteiger partial charge >= 0.3 is 0 Å². The molecule has 0 aliphatic carbocycles. The smallest absolute Gasteiger partial charge is 0.251 e. The number of nitrogens with one attached hydrogen (secondary N) is 1. The Kier molecular flexibility index (Phi) is 5.12. The van der Waals surface area contributed by atoms with Crippen molar-refractivity contribution in [2.45, 2.75) is 40.3 Å². The first kappa shape index (κ1) is 18.2. The van der Waals surface area contributed by atoms with E-state index < -0.39 is 0 Å². The third-order valence-electron chi connectivity index (χ3n) is 4.64. The first-order valence-electron chi connectivity index (χ1n) is 9.01. The molecule has 0 aliphatic rings. The van der Waals surface area contributed by atoms with E-state index >= 15 is 0 Å². The molecule has 3 aromatic rings. The maximum absolute atomic E-state index is 13.1. The Morgan fingerprint density at radius 3 is 2.42 bits per heavy atom. The number of amides is 1. The van der Waals surface area contributed by atoms with E-state index in [-0.39, 0.29) is 17.8 Å². The maximum atomic E-state index is 13.1. The van der Waals surface area contributed by atoms with Crippen LogP contribution in [0.5, 0.6) is 0 Å². The fourth-order valence-corrected chi connectivity index (χ4v) is 3.26. The van der Waals surface area contributed by atoms with E-state index in [0.29, 0.717) is 11.5 Å². The van der Waals surface area contributed by atoms with E-state index in [2.05, 4.69) is 36.7 Å². The number of aromatic nitrogens is 1. The van der Waals surface area contributed by atoms with Crippen LogP contribution >= 0.6 is 0 Å². The summed E-state index contributed by atoms with van der Waals surface area (Å²) >= 11 is 0. The summed E-state index contributed by atoms with van der Waals surface area (Å²) < 4.78 is 15.3. The molecule has 0 unspecified atom stereocenters. The number of carbonyl (C=O) groups excluding carboxylic acids is 1. The van der Waals surface area contributed by atoms with Gasteiger partial charge in [-0.2, -0.15) is 0 Å². The van der Waals surface area contributed by atoms with Gasteiger partial charge in [-0.15, -0.1) is 0 Å². The number of fused-ring (bicyclic) bond motifs is 1. The van der Waals surface area contributed by atoms with Gasteiger partial charge in [0.05, 0.1) is 6.04 Å². The first-order chi connectivity index (χ1) is 12.3. The Morgan fingerprint density at radius 1 is 1.08 bits per heavy atom. The molecule has 0 saturated carbocycles. The van der Waals surface area contributed by atoms with E-state index in [1.165, 1.54) is 17.8 Å². The average molecular weight is 352 g/mol. The monoisotopic (exact) mass is 352 g/mol. The van der Waals surface area contributed by atoms with Crippen molar-refractivity contribution < 1.29 is 9.18 Å². The van der Waals surface area contributed by atoms with Crippen LogP contribution in [0.4, 0.5) is 4.39 Å². The van der Waals surface area contributed by atoms with Crippen LogP contribution < -0.4 is 5.32 Å². The zero-order chi connectivity index (χ0) is 18.8. The second kappa shape index (κ2) is 7.32. The van der Waals surface area contributed by atoms with Crippen LogP contribution in [0, 0.1) is 18.7 Å². The number of rotatable bonds is 5. The molecule has 0 radical (unpaired) electrons. The molecule has 1 atom stereocenters. The summed E-state index contributed by atoms with van der Waals surface area (Å²) in [4.78, 5) is 12.7. The van der Waals surface area contributed by atoms with E-state index in [4.69, 9.17) is 0 Å². The highest BCUT2D eigenvalue weighted by atomic mass is 19.1. The van der Waals surface area contributed by atoms with Crippen LogP contribution in [0.15, 0.2) is 48.5 Å². The quantitative estimate of drug-likeness (QED) is 0.670. The molecule has 2 aromatic carbocycles. The van der Waals surface area contributed by atoms with Gasteiger partial charge in [-0.3, -0.25) is 4.79 Å². The fraction of sp³-hybridized carbons (Fsp3) is 0.318. The number of halogens is 1. The van der Waals surface area contributed by atoms with Crippen molar-refractivity contribution in [3.05, 3.63) is 71.2 Å². The van der Waals surface area contributed by atoms with Gasteiger partial charge in [0, 0.05) is 23.3 Å². The summed E-state index contributed by atoms with van der Waals surface area (Å²) in [7, 11) is 0. The Hall–Kier alpha value is -2.62. The number of hydrogen-bond donors (Lipinski definition) is 1. The summed E-state index contributed by atoms with van der Waals surface area (Å²) in [5.41, 5.74) is 3.79. The summed E-state index contributed by atoms with van der Waals surface area (Å²) in [6, 6.07) is 14.0. The normalized spacial score (nSPS) is 12.5. The zero-order valence-electron chi connectivity index (χ0n) is 15.7. The van der Waals surface area contributed by atoms with Crippen LogP contribution in [0.25, 0.3) is 10.9 Å². The summed E-state index contributed by atoms with van der Waals surface area (Å²) in [6.07, 6.45) is 0. The van der Waals surface area contributed by atoms with Gasteiger partial charge in [-0.05, 0) is 61.0 Å². The number of aryl methyl sites for hydroxylation is 1. The molecular formula is C22H25FN2O. The van der Waals surface area contributed by atoms with Crippen LogP contribution in [-0.4, -0.2) is 10.5 Å².